The minimum absolute atomic E-state index is 0.0894. The number of ether oxygens (including phenoxy) is 2. The summed E-state index contributed by atoms with van der Waals surface area (Å²) < 4.78 is 12.2. The third-order valence-electron chi connectivity index (χ3n) is 4.73. The van der Waals surface area contributed by atoms with E-state index >= 15 is 0 Å². The van der Waals surface area contributed by atoms with Crippen molar-refractivity contribution in [1.82, 2.24) is 25.2 Å². The van der Waals surface area contributed by atoms with Gasteiger partial charge in [0.25, 0.3) is 0 Å². The molecule has 0 atom stereocenters. The van der Waals surface area contributed by atoms with E-state index in [1.54, 1.807) is 25.2 Å². The van der Waals surface area contributed by atoms with Crippen LogP contribution < -0.4 is 5.32 Å². The normalized spacial score (nSPS) is 14.7. The summed E-state index contributed by atoms with van der Waals surface area (Å²) in [7, 11) is 1.73. The second kappa shape index (κ2) is 10.4. The lowest BCUT2D eigenvalue weighted by Gasteiger charge is -2.22. The Hall–Kier alpha value is -3.86. The second-order valence-electron chi connectivity index (χ2n) is 7.06. The fourth-order valence-electron chi connectivity index (χ4n) is 3.12. The van der Waals surface area contributed by atoms with Crippen LogP contribution >= 0.6 is 0 Å². The lowest BCUT2D eigenvalue weighted by Crippen LogP contribution is -2.28. The van der Waals surface area contributed by atoms with Crippen molar-refractivity contribution < 1.29 is 19.1 Å². The molecule has 1 aliphatic rings. The first-order valence-corrected chi connectivity index (χ1v) is 10.2. The van der Waals surface area contributed by atoms with Gasteiger partial charge in [0.15, 0.2) is 12.3 Å². The fraction of sp³-hybridized carbons (Fsp3) is 0.333. The number of aromatic nitrogens is 5. The topological polar surface area (TPSA) is 126 Å². The van der Waals surface area contributed by atoms with Crippen LogP contribution in [0.5, 0.6) is 0 Å². The van der Waals surface area contributed by atoms with Crippen molar-refractivity contribution in [3.05, 3.63) is 65.6 Å². The number of oxime groups is 1. The number of nitrogens with zero attached hydrogens (tertiary/aromatic N) is 6. The number of hydrogen-bond acceptors (Lipinski definition) is 9. The van der Waals surface area contributed by atoms with Crippen LogP contribution in [0.1, 0.15) is 29.9 Å². The lowest BCUT2D eigenvalue weighted by molar-refractivity contribution is 0.00590. The van der Waals surface area contributed by atoms with E-state index in [1.807, 2.05) is 30.3 Å². The molecule has 11 nitrogen and oxygen atoms in total. The molecule has 32 heavy (non-hydrogen) atoms. The molecular weight excluding hydrogens is 414 g/mol. The number of carbonyl (C=O) groups is 1. The predicted molar refractivity (Wildman–Crippen MR) is 114 cm³/mol. The molecule has 0 radical (unpaired) electrons. The van der Waals surface area contributed by atoms with Gasteiger partial charge in [0.1, 0.15) is 11.9 Å². The molecule has 1 fully saturated rings. The lowest BCUT2D eigenvalue weighted by atomic mass is 10.1. The number of nitrogens with one attached hydrogen (secondary N) is 1. The molecule has 4 rings (SSSR count). The van der Waals surface area contributed by atoms with E-state index in [9.17, 15) is 4.79 Å². The number of amides is 1. The minimum atomic E-state index is -0.540. The Bertz CT molecular complexity index is 1060. The summed E-state index contributed by atoms with van der Waals surface area (Å²) in [5.41, 5.74) is 1.89. The number of carbonyl (C=O) groups excluding carboxylic acids is 1. The first-order valence-electron chi connectivity index (χ1n) is 10.2. The molecule has 0 saturated carbocycles. The molecule has 1 saturated heterocycles. The molecule has 3 aromatic rings. The van der Waals surface area contributed by atoms with Crippen molar-refractivity contribution in [1.29, 1.82) is 0 Å². The number of hydrogen-bond donors (Lipinski definition) is 1. The van der Waals surface area contributed by atoms with E-state index in [-0.39, 0.29) is 12.7 Å². The van der Waals surface area contributed by atoms with Gasteiger partial charge in [-0.25, -0.2) is 14.5 Å². The Balaban J connectivity index is 1.40. The molecule has 2 aromatic heterocycles. The van der Waals surface area contributed by atoms with E-state index in [1.165, 1.54) is 4.68 Å². The van der Waals surface area contributed by atoms with Crippen molar-refractivity contribution in [3.8, 4) is 0 Å². The second-order valence-corrected chi connectivity index (χ2v) is 7.06. The average molecular weight is 437 g/mol. The van der Waals surface area contributed by atoms with Gasteiger partial charge in [-0.3, -0.25) is 5.32 Å². The number of tetrazole rings is 1. The number of aryl methyl sites for hydroxylation is 1. The smallest absolute Gasteiger partial charge is 0.413 e. The molecule has 166 valence electrons. The summed E-state index contributed by atoms with van der Waals surface area (Å²) in [6, 6.07) is 14.7. The van der Waals surface area contributed by atoms with Gasteiger partial charge in [-0.1, -0.05) is 41.6 Å². The van der Waals surface area contributed by atoms with Crippen LogP contribution in [0.4, 0.5) is 10.6 Å². The van der Waals surface area contributed by atoms with Crippen molar-refractivity contribution in [2.45, 2.75) is 25.6 Å². The van der Waals surface area contributed by atoms with E-state index in [4.69, 9.17) is 14.3 Å². The number of pyridine rings is 1. The zero-order chi connectivity index (χ0) is 22.2. The first kappa shape index (κ1) is 21.4. The Morgan fingerprint density at radius 2 is 2.00 bits per heavy atom. The summed E-state index contributed by atoms with van der Waals surface area (Å²) in [4.78, 5) is 22.1. The van der Waals surface area contributed by atoms with Gasteiger partial charge in [-0.15, -0.1) is 5.10 Å². The minimum Gasteiger partial charge on any atom is -0.446 e. The summed E-state index contributed by atoms with van der Waals surface area (Å²) in [6.07, 6.45) is 0.701. The van der Waals surface area contributed by atoms with Gasteiger partial charge in [-0.05, 0) is 22.6 Å². The molecule has 3 heterocycles. The Morgan fingerprint density at radius 1 is 1.19 bits per heavy atom. The third-order valence-corrected chi connectivity index (χ3v) is 4.73. The van der Waals surface area contributed by atoms with Gasteiger partial charge in [0.2, 0.25) is 5.82 Å². The van der Waals surface area contributed by atoms with Crippen LogP contribution in [0.15, 0.2) is 53.7 Å². The molecular formula is C21H23N7O4. The van der Waals surface area contributed by atoms with Crippen molar-refractivity contribution >= 4 is 17.6 Å². The third kappa shape index (κ3) is 5.64. The summed E-state index contributed by atoms with van der Waals surface area (Å²) in [5.74, 6) is 0.836. The highest BCUT2D eigenvalue weighted by Crippen LogP contribution is 2.13. The van der Waals surface area contributed by atoms with Gasteiger partial charge >= 0.3 is 6.09 Å². The molecule has 0 bridgehead atoms. The zero-order valence-electron chi connectivity index (χ0n) is 17.5. The predicted octanol–water partition coefficient (Wildman–Crippen LogP) is 2.30. The first-order chi connectivity index (χ1) is 15.7. The molecule has 0 spiro atoms. The monoisotopic (exact) mass is 437 g/mol. The van der Waals surface area contributed by atoms with Crippen LogP contribution in [-0.2, 0) is 28.0 Å². The van der Waals surface area contributed by atoms with Crippen LogP contribution in [0.2, 0.25) is 0 Å². The summed E-state index contributed by atoms with van der Waals surface area (Å²) in [5, 5.41) is 18.4. The Labute approximate surface area is 184 Å². The zero-order valence-corrected chi connectivity index (χ0v) is 17.5. The molecule has 0 aliphatic carbocycles. The van der Waals surface area contributed by atoms with E-state index in [0.717, 1.165) is 5.56 Å². The summed E-state index contributed by atoms with van der Waals surface area (Å²) >= 11 is 0. The van der Waals surface area contributed by atoms with Crippen LogP contribution in [0.3, 0.4) is 0 Å². The van der Waals surface area contributed by atoms with E-state index < -0.39 is 6.09 Å². The van der Waals surface area contributed by atoms with Crippen LogP contribution in [0.25, 0.3) is 0 Å². The van der Waals surface area contributed by atoms with Gasteiger partial charge in [-0.2, -0.15) is 0 Å². The number of anilines is 1. The highest BCUT2D eigenvalue weighted by molar-refractivity contribution is 6.10. The van der Waals surface area contributed by atoms with Crippen LogP contribution in [-0.4, -0.2) is 56.3 Å². The average Bonchev–Trinajstić information content (AvgIpc) is 3.23. The maximum atomic E-state index is 12.1. The Kier molecular flexibility index (Phi) is 6.98. The van der Waals surface area contributed by atoms with Crippen molar-refractivity contribution in [3.63, 3.8) is 0 Å². The van der Waals surface area contributed by atoms with E-state index in [2.05, 4.69) is 31.0 Å². The molecule has 1 aliphatic heterocycles. The molecule has 0 unspecified atom stereocenters. The van der Waals surface area contributed by atoms with Crippen molar-refractivity contribution in [2.75, 3.05) is 18.5 Å². The highest BCUT2D eigenvalue weighted by atomic mass is 16.6. The number of rotatable bonds is 7. The SMILES string of the molecule is Cn1nnnc1/C(=N\OCc1cccc(NC(=O)OC2CCOCC2)n1)c1ccccc1. The maximum absolute atomic E-state index is 12.1. The fourth-order valence-corrected chi connectivity index (χ4v) is 3.12. The molecule has 1 N–H and O–H groups in total. The largest absolute Gasteiger partial charge is 0.446 e. The quantitative estimate of drug-likeness (QED) is 0.441. The maximum Gasteiger partial charge on any atom is 0.413 e. The summed E-state index contributed by atoms with van der Waals surface area (Å²) in [6.45, 7) is 1.28. The van der Waals surface area contributed by atoms with Crippen LogP contribution in [0, 0.1) is 0 Å². The van der Waals surface area contributed by atoms with E-state index in [0.29, 0.717) is 49.1 Å². The Morgan fingerprint density at radius 3 is 2.75 bits per heavy atom. The highest BCUT2D eigenvalue weighted by Gasteiger charge is 2.18. The molecule has 11 heteroatoms. The van der Waals surface area contributed by atoms with Crippen molar-refractivity contribution in [2.24, 2.45) is 12.2 Å². The van der Waals surface area contributed by atoms with Gasteiger partial charge < -0.3 is 14.3 Å². The standard InChI is InChI=1S/C21H23N7O4/c1-28-20(24-26-27-28)19(15-6-3-2-4-7-15)25-31-14-16-8-5-9-18(22-16)23-21(29)32-17-10-12-30-13-11-17/h2-9,17H,10-14H2,1H3,(H,22,23,29)/b25-19-. The van der Waals surface area contributed by atoms with Gasteiger partial charge in [0.05, 0.1) is 18.9 Å². The number of benzene rings is 1. The molecule has 1 aromatic carbocycles. The van der Waals surface area contributed by atoms with Gasteiger partial charge in [0, 0.05) is 25.5 Å². The molecule has 1 amide bonds.